The van der Waals surface area contributed by atoms with Gasteiger partial charge in [-0.2, -0.15) is 27.4 Å². The Labute approximate surface area is 207 Å². The molecule has 1 aliphatic rings. The second kappa shape index (κ2) is 9.48. The molecule has 12 heteroatoms. The van der Waals surface area contributed by atoms with Crippen molar-refractivity contribution in [2.24, 2.45) is 0 Å². The van der Waals surface area contributed by atoms with Crippen LogP contribution in [0.5, 0.6) is 0 Å². The van der Waals surface area contributed by atoms with Crippen molar-refractivity contribution in [3.63, 3.8) is 0 Å². The highest BCUT2D eigenvalue weighted by Crippen LogP contribution is 2.36. The summed E-state index contributed by atoms with van der Waals surface area (Å²) >= 11 is 0. The SMILES string of the molecule is CN(C)S(=O)(=O)N1CC(CC#N)(n2cc(-c3ccnc4c3ccn4COCC[Si](C)(C)C)cn2)C1. The van der Waals surface area contributed by atoms with Gasteiger partial charge in [0.25, 0.3) is 10.2 Å². The zero-order chi connectivity index (χ0) is 25.4. The molecule has 0 atom stereocenters. The molecular formula is C23H33N7O3SSi. The van der Waals surface area contributed by atoms with Gasteiger partial charge in [0.2, 0.25) is 0 Å². The summed E-state index contributed by atoms with van der Waals surface area (Å²) in [7, 11) is -1.67. The molecule has 0 unspecified atom stereocenters. The average molecular weight is 516 g/mol. The first kappa shape index (κ1) is 25.5. The number of rotatable bonds is 10. The molecule has 35 heavy (non-hydrogen) atoms. The predicted octanol–water partition coefficient (Wildman–Crippen LogP) is 2.94. The van der Waals surface area contributed by atoms with Crippen molar-refractivity contribution in [3.05, 3.63) is 36.9 Å². The molecule has 3 aromatic rings. The molecule has 0 spiro atoms. The fraction of sp³-hybridized carbons (Fsp3) is 0.522. The van der Waals surface area contributed by atoms with E-state index in [1.54, 1.807) is 17.1 Å². The number of nitriles is 1. The Morgan fingerprint density at radius 3 is 2.66 bits per heavy atom. The van der Waals surface area contributed by atoms with Crippen LogP contribution in [0, 0.1) is 11.3 Å². The third kappa shape index (κ3) is 5.05. The van der Waals surface area contributed by atoms with Crippen LogP contribution in [0.4, 0.5) is 0 Å². The van der Waals surface area contributed by atoms with E-state index >= 15 is 0 Å². The maximum Gasteiger partial charge on any atom is 0.281 e. The lowest BCUT2D eigenvalue weighted by atomic mass is 9.89. The van der Waals surface area contributed by atoms with Crippen molar-refractivity contribution >= 4 is 29.3 Å². The van der Waals surface area contributed by atoms with Crippen LogP contribution < -0.4 is 0 Å². The quantitative estimate of drug-likeness (QED) is 0.303. The summed E-state index contributed by atoms with van der Waals surface area (Å²) in [4.78, 5) is 4.56. The molecule has 4 heterocycles. The molecule has 0 radical (unpaired) electrons. The van der Waals surface area contributed by atoms with Gasteiger partial charge in [0.15, 0.2) is 0 Å². The van der Waals surface area contributed by atoms with E-state index in [4.69, 9.17) is 4.74 Å². The Morgan fingerprint density at radius 2 is 2.00 bits per heavy atom. The summed E-state index contributed by atoms with van der Waals surface area (Å²) in [5, 5.41) is 15.0. The summed E-state index contributed by atoms with van der Waals surface area (Å²) < 4.78 is 37.2. The van der Waals surface area contributed by atoms with Crippen LogP contribution in [0.15, 0.2) is 36.9 Å². The predicted molar refractivity (Wildman–Crippen MR) is 137 cm³/mol. The van der Waals surface area contributed by atoms with Crippen LogP contribution in [0.25, 0.3) is 22.2 Å². The van der Waals surface area contributed by atoms with Crippen LogP contribution in [0.1, 0.15) is 6.42 Å². The fourth-order valence-corrected chi connectivity index (χ4v) is 6.22. The van der Waals surface area contributed by atoms with Gasteiger partial charge in [0, 0.05) is 71.4 Å². The minimum absolute atomic E-state index is 0.171. The van der Waals surface area contributed by atoms with Crippen LogP contribution in [0.3, 0.4) is 0 Å². The monoisotopic (exact) mass is 515 g/mol. The summed E-state index contributed by atoms with van der Waals surface area (Å²) in [5.41, 5.74) is 2.02. The van der Waals surface area contributed by atoms with E-state index in [2.05, 4.69) is 35.8 Å². The first-order valence-corrected chi connectivity index (χ1v) is 16.7. The maximum absolute atomic E-state index is 12.5. The lowest BCUT2D eigenvalue weighted by molar-refractivity contribution is 0.0675. The van der Waals surface area contributed by atoms with Crippen molar-refractivity contribution < 1.29 is 13.2 Å². The van der Waals surface area contributed by atoms with E-state index in [1.807, 2.05) is 29.1 Å². The van der Waals surface area contributed by atoms with Crippen LogP contribution in [-0.4, -0.2) is 78.2 Å². The van der Waals surface area contributed by atoms with Gasteiger partial charge in [0.1, 0.15) is 17.9 Å². The summed E-state index contributed by atoms with van der Waals surface area (Å²) in [6.07, 6.45) is 7.58. The van der Waals surface area contributed by atoms with Gasteiger partial charge >= 0.3 is 0 Å². The van der Waals surface area contributed by atoms with E-state index in [-0.39, 0.29) is 19.5 Å². The second-order valence-electron chi connectivity index (χ2n) is 10.5. The Kier molecular flexibility index (Phi) is 6.91. The molecule has 0 N–H and O–H groups in total. The summed E-state index contributed by atoms with van der Waals surface area (Å²) in [5.74, 6) is 0. The first-order chi connectivity index (χ1) is 16.5. The lowest BCUT2D eigenvalue weighted by Crippen LogP contribution is -2.65. The zero-order valence-corrected chi connectivity index (χ0v) is 22.8. The third-order valence-electron chi connectivity index (χ3n) is 6.41. The zero-order valence-electron chi connectivity index (χ0n) is 21.0. The van der Waals surface area contributed by atoms with E-state index in [0.717, 1.165) is 34.8 Å². The molecule has 0 aromatic carbocycles. The van der Waals surface area contributed by atoms with E-state index in [0.29, 0.717) is 6.73 Å². The highest BCUT2D eigenvalue weighted by atomic mass is 32.2. The minimum atomic E-state index is -3.53. The number of hydrogen-bond acceptors (Lipinski definition) is 6. The Bertz CT molecular complexity index is 1350. The lowest BCUT2D eigenvalue weighted by Gasteiger charge is -2.48. The summed E-state index contributed by atoms with van der Waals surface area (Å²) in [6, 6.07) is 7.29. The minimum Gasteiger partial charge on any atom is -0.361 e. The highest BCUT2D eigenvalue weighted by molar-refractivity contribution is 7.86. The molecule has 0 aliphatic carbocycles. The van der Waals surface area contributed by atoms with Crippen molar-refractivity contribution in [2.45, 2.75) is 44.4 Å². The van der Waals surface area contributed by atoms with Gasteiger partial charge < -0.3 is 9.30 Å². The normalized spacial score (nSPS) is 16.5. The second-order valence-corrected chi connectivity index (χ2v) is 18.3. The molecule has 10 nitrogen and oxygen atoms in total. The molecular weight excluding hydrogens is 482 g/mol. The Hall–Kier alpha value is -2.56. The first-order valence-electron chi connectivity index (χ1n) is 11.6. The number of pyridine rings is 1. The highest BCUT2D eigenvalue weighted by Gasteiger charge is 2.50. The van der Waals surface area contributed by atoms with Crippen LogP contribution >= 0.6 is 0 Å². The van der Waals surface area contributed by atoms with Gasteiger partial charge in [0.05, 0.1) is 18.7 Å². The van der Waals surface area contributed by atoms with E-state index in [9.17, 15) is 13.7 Å². The maximum atomic E-state index is 12.5. The van der Waals surface area contributed by atoms with Crippen LogP contribution in [-0.2, 0) is 27.2 Å². The van der Waals surface area contributed by atoms with Crippen LogP contribution in [0.2, 0.25) is 25.7 Å². The van der Waals surface area contributed by atoms with Gasteiger partial charge in [-0.15, -0.1) is 0 Å². The number of hydrogen-bond donors (Lipinski definition) is 0. The number of ether oxygens (including phenoxy) is 1. The van der Waals surface area contributed by atoms with Gasteiger partial charge in [-0.05, 0) is 23.7 Å². The topological polar surface area (TPSA) is 109 Å². The molecule has 0 amide bonds. The largest absolute Gasteiger partial charge is 0.361 e. The molecule has 188 valence electrons. The molecule has 1 saturated heterocycles. The molecule has 0 bridgehead atoms. The van der Waals surface area contributed by atoms with E-state index < -0.39 is 23.8 Å². The Morgan fingerprint density at radius 1 is 1.26 bits per heavy atom. The number of fused-ring (bicyclic) bond motifs is 1. The number of nitrogens with zero attached hydrogens (tertiary/aromatic N) is 7. The Balaban J connectivity index is 1.55. The van der Waals surface area contributed by atoms with Crippen molar-refractivity contribution in [1.29, 1.82) is 5.26 Å². The van der Waals surface area contributed by atoms with Gasteiger partial charge in [-0.3, -0.25) is 4.68 Å². The third-order valence-corrected chi connectivity index (χ3v) is 9.94. The smallest absolute Gasteiger partial charge is 0.281 e. The van der Waals surface area contributed by atoms with E-state index in [1.165, 1.54) is 22.7 Å². The standard InChI is InChI=1S/C23H33N7O3SSi/c1-27(2)34(31,32)29-16-23(17-29,8-9-24)30-15-19(14-26-30)20-6-10-25-22-21(20)7-11-28(22)18-33-12-13-35(3,4)5/h6-7,10-11,14-15H,8,12-13,16-18H2,1-5H3. The molecule has 4 rings (SSSR count). The van der Waals surface area contributed by atoms with Crippen molar-refractivity contribution in [2.75, 3.05) is 33.8 Å². The molecule has 0 saturated carbocycles. The fourth-order valence-electron chi connectivity index (χ4n) is 4.20. The molecule has 1 fully saturated rings. The van der Waals surface area contributed by atoms with Crippen molar-refractivity contribution in [1.82, 2.24) is 27.9 Å². The molecule has 3 aromatic heterocycles. The van der Waals surface area contributed by atoms with Gasteiger partial charge in [-0.25, -0.2) is 4.98 Å². The van der Waals surface area contributed by atoms with Crippen molar-refractivity contribution in [3.8, 4) is 17.2 Å². The summed E-state index contributed by atoms with van der Waals surface area (Å²) in [6.45, 7) is 8.60. The average Bonchev–Trinajstić information content (AvgIpc) is 3.40. The molecule has 1 aliphatic heterocycles. The van der Waals surface area contributed by atoms with Gasteiger partial charge in [-0.1, -0.05) is 19.6 Å². The number of aromatic nitrogens is 4.